The van der Waals surface area contributed by atoms with Gasteiger partial charge in [0.05, 0.1) is 12.4 Å². The Balaban J connectivity index is 1.60. The van der Waals surface area contributed by atoms with Crippen molar-refractivity contribution in [3.05, 3.63) is 83.1 Å². The van der Waals surface area contributed by atoms with Crippen molar-refractivity contribution in [3.63, 3.8) is 0 Å². The fraction of sp³-hybridized carbons (Fsp3) is 0.261. The Labute approximate surface area is 170 Å². The minimum Gasteiger partial charge on any atom is -0.368 e. The Morgan fingerprint density at radius 3 is 2.48 bits per heavy atom. The highest BCUT2D eigenvalue weighted by Gasteiger charge is 2.14. The fourth-order valence-corrected chi connectivity index (χ4v) is 3.04. The monoisotopic (exact) mass is 392 g/mol. The zero-order valence-electron chi connectivity index (χ0n) is 16.9. The predicted molar refractivity (Wildman–Crippen MR) is 114 cm³/mol. The van der Waals surface area contributed by atoms with Crippen LogP contribution in [0.4, 0.5) is 15.9 Å². The quantitative estimate of drug-likeness (QED) is 0.597. The van der Waals surface area contributed by atoms with Crippen molar-refractivity contribution in [2.24, 2.45) is 0 Å². The Kier molecular flexibility index (Phi) is 6.54. The summed E-state index contributed by atoms with van der Waals surface area (Å²) in [5.74, 6) is 0.352. The predicted octanol–water partition coefficient (Wildman–Crippen LogP) is 4.95. The number of amides is 1. The second-order valence-corrected chi connectivity index (χ2v) is 7.24. The first kappa shape index (κ1) is 20.5. The Hall–Kier alpha value is -3.28. The van der Waals surface area contributed by atoms with Gasteiger partial charge in [-0.3, -0.25) is 4.79 Å². The highest BCUT2D eigenvalue weighted by molar-refractivity contribution is 6.03. The number of carbonyl (C=O) groups excluding carboxylic acids is 1. The molecule has 3 rings (SSSR count). The largest absolute Gasteiger partial charge is 0.368 e. The van der Waals surface area contributed by atoms with E-state index >= 15 is 0 Å². The molecule has 150 valence electrons. The third kappa shape index (κ3) is 5.38. The first-order valence-electron chi connectivity index (χ1n) is 9.65. The Bertz CT molecular complexity index is 969. The molecule has 0 aliphatic carbocycles. The van der Waals surface area contributed by atoms with E-state index in [-0.39, 0.29) is 17.4 Å². The first-order chi connectivity index (χ1) is 13.9. The van der Waals surface area contributed by atoms with Crippen molar-refractivity contribution in [3.8, 4) is 0 Å². The molecule has 6 heteroatoms. The van der Waals surface area contributed by atoms with Crippen molar-refractivity contribution in [2.45, 2.75) is 33.1 Å². The van der Waals surface area contributed by atoms with Gasteiger partial charge < -0.3 is 10.6 Å². The van der Waals surface area contributed by atoms with Gasteiger partial charge in [-0.05, 0) is 48.1 Å². The summed E-state index contributed by atoms with van der Waals surface area (Å²) in [4.78, 5) is 21.1. The van der Waals surface area contributed by atoms with Crippen LogP contribution >= 0.6 is 0 Å². The molecule has 1 amide bonds. The third-order valence-electron chi connectivity index (χ3n) is 4.68. The summed E-state index contributed by atoms with van der Waals surface area (Å²) in [5.41, 5.74) is 4.21. The van der Waals surface area contributed by atoms with E-state index in [4.69, 9.17) is 0 Å². The summed E-state index contributed by atoms with van der Waals surface area (Å²) < 4.78 is 12.9. The van der Waals surface area contributed by atoms with E-state index in [1.807, 2.05) is 25.1 Å². The lowest BCUT2D eigenvalue weighted by Gasteiger charge is -2.16. The fourth-order valence-electron chi connectivity index (χ4n) is 3.04. The van der Waals surface area contributed by atoms with Crippen LogP contribution in [-0.4, -0.2) is 22.4 Å². The molecule has 0 fully saturated rings. The summed E-state index contributed by atoms with van der Waals surface area (Å²) in [6.45, 7) is 6.79. The molecule has 2 aromatic carbocycles. The lowest BCUT2D eigenvalue weighted by molar-refractivity contribution is 0.102. The molecule has 0 aliphatic rings. The minimum atomic E-state index is -0.286. The third-order valence-corrected chi connectivity index (χ3v) is 4.68. The van der Waals surface area contributed by atoms with Gasteiger partial charge in [-0.25, -0.2) is 14.4 Å². The molecule has 1 aromatic heterocycles. The van der Waals surface area contributed by atoms with Crippen LogP contribution in [0.25, 0.3) is 0 Å². The van der Waals surface area contributed by atoms with Crippen LogP contribution in [0, 0.1) is 12.7 Å². The second kappa shape index (κ2) is 9.28. The molecule has 1 heterocycles. The number of nitrogens with one attached hydrogen (secondary N) is 2. The van der Waals surface area contributed by atoms with Crippen molar-refractivity contribution in [1.82, 2.24) is 9.97 Å². The van der Waals surface area contributed by atoms with Gasteiger partial charge in [-0.15, -0.1) is 0 Å². The van der Waals surface area contributed by atoms with E-state index in [0.29, 0.717) is 18.3 Å². The van der Waals surface area contributed by atoms with Crippen LogP contribution in [0.1, 0.15) is 46.9 Å². The number of rotatable bonds is 7. The van der Waals surface area contributed by atoms with Crippen LogP contribution in [0.15, 0.2) is 54.9 Å². The van der Waals surface area contributed by atoms with Gasteiger partial charge in [0.25, 0.3) is 5.91 Å². The van der Waals surface area contributed by atoms with Gasteiger partial charge in [-0.2, -0.15) is 0 Å². The number of benzene rings is 2. The normalized spacial score (nSPS) is 10.8. The standard InChI is InChI=1S/C23H25FN4O/c1-15(2)19-6-4-5-16(3)22(19)28-23(29)20-13-27-21(14-26-20)25-12-11-17-7-9-18(24)10-8-17/h4-10,13-15H,11-12H2,1-3H3,(H,25,27)(H,28,29). The molecule has 0 bridgehead atoms. The number of para-hydroxylation sites is 1. The lowest BCUT2D eigenvalue weighted by Crippen LogP contribution is -2.17. The number of nitrogens with zero attached hydrogens (tertiary/aromatic N) is 2. The smallest absolute Gasteiger partial charge is 0.275 e. The molecule has 3 aromatic rings. The number of carbonyl (C=O) groups is 1. The van der Waals surface area contributed by atoms with E-state index in [2.05, 4.69) is 34.4 Å². The summed E-state index contributed by atoms with van der Waals surface area (Å²) in [6.07, 6.45) is 3.74. The molecule has 0 saturated heterocycles. The molecule has 0 spiro atoms. The van der Waals surface area contributed by atoms with Gasteiger partial charge in [0.1, 0.15) is 17.3 Å². The number of anilines is 2. The summed E-state index contributed by atoms with van der Waals surface area (Å²) in [5, 5.41) is 6.13. The maximum absolute atomic E-state index is 12.9. The molecule has 0 aliphatic heterocycles. The van der Waals surface area contributed by atoms with Crippen molar-refractivity contribution < 1.29 is 9.18 Å². The maximum Gasteiger partial charge on any atom is 0.275 e. The maximum atomic E-state index is 12.9. The van der Waals surface area contributed by atoms with E-state index in [1.165, 1.54) is 18.3 Å². The van der Waals surface area contributed by atoms with Gasteiger partial charge in [0.15, 0.2) is 0 Å². The van der Waals surface area contributed by atoms with E-state index in [0.717, 1.165) is 28.8 Å². The topological polar surface area (TPSA) is 66.9 Å². The zero-order chi connectivity index (χ0) is 20.8. The van der Waals surface area contributed by atoms with Gasteiger partial charge in [0, 0.05) is 12.2 Å². The number of halogens is 1. The summed E-state index contributed by atoms with van der Waals surface area (Å²) in [6, 6.07) is 12.4. The van der Waals surface area contributed by atoms with Gasteiger partial charge in [0.2, 0.25) is 0 Å². The lowest BCUT2D eigenvalue weighted by atomic mass is 9.98. The molecule has 0 atom stereocenters. The molecule has 0 unspecified atom stereocenters. The van der Waals surface area contributed by atoms with Crippen molar-refractivity contribution in [2.75, 3.05) is 17.2 Å². The second-order valence-electron chi connectivity index (χ2n) is 7.24. The minimum absolute atomic E-state index is 0.243. The van der Waals surface area contributed by atoms with E-state index < -0.39 is 0 Å². The van der Waals surface area contributed by atoms with Crippen LogP contribution in [-0.2, 0) is 6.42 Å². The van der Waals surface area contributed by atoms with Gasteiger partial charge >= 0.3 is 0 Å². The van der Waals surface area contributed by atoms with E-state index in [1.54, 1.807) is 18.3 Å². The average Bonchev–Trinajstić information content (AvgIpc) is 2.71. The summed E-state index contributed by atoms with van der Waals surface area (Å²) >= 11 is 0. The van der Waals surface area contributed by atoms with Crippen LogP contribution in [0.3, 0.4) is 0 Å². The molecule has 29 heavy (non-hydrogen) atoms. The molecular weight excluding hydrogens is 367 g/mol. The van der Waals surface area contributed by atoms with Gasteiger partial charge in [-0.1, -0.05) is 44.2 Å². The number of hydrogen-bond donors (Lipinski definition) is 2. The SMILES string of the molecule is Cc1cccc(C(C)C)c1NC(=O)c1cnc(NCCc2ccc(F)cc2)cn1. The average molecular weight is 392 g/mol. The van der Waals surface area contributed by atoms with Crippen LogP contribution < -0.4 is 10.6 Å². The van der Waals surface area contributed by atoms with Crippen LogP contribution in [0.2, 0.25) is 0 Å². The first-order valence-corrected chi connectivity index (χ1v) is 9.65. The number of aryl methyl sites for hydroxylation is 1. The molecule has 5 nitrogen and oxygen atoms in total. The molecular formula is C23H25FN4O. The van der Waals surface area contributed by atoms with Crippen LogP contribution in [0.5, 0.6) is 0 Å². The Morgan fingerprint density at radius 2 is 1.83 bits per heavy atom. The van der Waals surface area contributed by atoms with E-state index in [9.17, 15) is 9.18 Å². The number of hydrogen-bond acceptors (Lipinski definition) is 4. The highest BCUT2D eigenvalue weighted by Crippen LogP contribution is 2.27. The van der Waals surface area contributed by atoms with Crippen molar-refractivity contribution >= 4 is 17.4 Å². The molecule has 0 radical (unpaired) electrons. The van der Waals surface area contributed by atoms with Crippen molar-refractivity contribution in [1.29, 1.82) is 0 Å². The molecule has 0 saturated carbocycles. The zero-order valence-corrected chi connectivity index (χ0v) is 16.9. The highest BCUT2D eigenvalue weighted by atomic mass is 19.1. The summed E-state index contributed by atoms with van der Waals surface area (Å²) in [7, 11) is 0. The molecule has 2 N–H and O–H groups in total. The Morgan fingerprint density at radius 1 is 1.07 bits per heavy atom. The number of aromatic nitrogens is 2.